The summed E-state index contributed by atoms with van der Waals surface area (Å²) in [5, 5.41) is 2.76. The zero-order valence-corrected chi connectivity index (χ0v) is 14.7. The minimum absolute atomic E-state index is 0.0130. The van der Waals surface area contributed by atoms with Gasteiger partial charge in [-0.3, -0.25) is 0 Å². The molecule has 6 heteroatoms. The summed E-state index contributed by atoms with van der Waals surface area (Å²) in [6.07, 6.45) is 3.40. The Bertz CT molecular complexity index is 538. The Morgan fingerprint density at radius 3 is 2.61 bits per heavy atom. The summed E-state index contributed by atoms with van der Waals surface area (Å²) in [6, 6.07) is 6.27. The van der Waals surface area contributed by atoms with Gasteiger partial charge in [-0.1, -0.05) is 31.5 Å². The van der Waals surface area contributed by atoms with Crippen molar-refractivity contribution in [1.82, 2.24) is 5.32 Å². The van der Waals surface area contributed by atoms with E-state index in [0.717, 1.165) is 12.8 Å². The number of halogens is 1. The second-order valence-corrected chi connectivity index (χ2v) is 6.43. The number of hydrogen-bond acceptors (Lipinski definition) is 4. The Kier molecular flexibility index (Phi) is 8.09. The number of benzene rings is 1. The molecule has 0 saturated carbocycles. The van der Waals surface area contributed by atoms with Crippen LogP contribution >= 0.6 is 11.8 Å². The first-order chi connectivity index (χ1) is 10.9. The molecule has 1 amide bonds. The summed E-state index contributed by atoms with van der Waals surface area (Å²) in [5.74, 6) is -0.430. The molecule has 0 saturated heterocycles. The molecule has 1 aromatic carbocycles. The highest BCUT2D eigenvalue weighted by molar-refractivity contribution is 7.99. The highest BCUT2D eigenvalue weighted by atomic mass is 32.2. The van der Waals surface area contributed by atoms with E-state index in [2.05, 4.69) is 5.32 Å². The molecule has 1 rings (SSSR count). The Hall–Kier alpha value is -1.56. The first kappa shape index (κ1) is 19.5. The summed E-state index contributed by atoms with van der Waals surface area (Å²) in [4.78, 5) is 22.4. The third-order valence-electron chi connectivity index (χ3n) is 3.52. The summed E-state index contributed by atoms with van der Waals surface area (Å²) < 4.78 is 19.4. The number of amides is 1. The minimum atomic E-state index is -1.03. The van der Waals surface area contributed by atoms with Crippen molar-refractivity contribution in [2.45, 2.75) is 44.4 Å². The largest absolute Gasteiger partial charge is 0.450 e. The molecule has 4 nitrogen and oxygen atoms in total. The zero-order chi connectivity index (χ0) is 17.3. The van der Waals surface area contributed by atoms with Crippen molar-refractivity contribution in [3.63, 3.8) is 0 Å². The fraction of sp³-hybridized carbons (Fsp3) is 0.529. The van der Waals surface area contributed by atoms with Crippen molar-refractivity contribution in [2.75, 3.05) is 12.9 Å². The van der Waals surface area contributed by atoms with E-state index in [1.54, 1.807) is 24.5 Å². The van der Waals surface area contributed by atoms with Crippen LogP contribution in [-0.4, -0.2) is 24.7 Å². The van der Waals surface area contributed by atoms with E-state index in [1.165, 1.54) is 24.8 Å². The standard InChI is InChI=1S/C17H24FNO3S/c1-4-5-12-22-16(21)19-17(23-3,11-10-13(2)20)14-8-6-7-9-15(14)18/h6-9H,4-5,10-12H2,1-3H3,(H,19,21). The van der Waals surface area contributed by atoms with Crippen LogP contribution in [0.2, 0.25) is 0 Å². The predicted molar refractivity (Wildman–Crippen MR) is 90.9 cm³/mol. The van der Waals surface area contributed by atoms with Crippen LogP contribution in [0.5, 0.6) is 0 Å². The number of nitrogens with one attached hydrogen (secondary N) is 1. The molecule has 1 unspecified atom stereocenters. The third kappa shape index (κ3) is 5.86. The highest BCUT2D eigenvalue weighted by Crippen LogP contribution is 2.38. The molecule has 0 bridgehead atoms. The van der Waals surface area contributed by atoms with Gasteiger partial charge in [0.05, 0.1) is 6.61 Å². The van der Waals surface area contributed by atoms with Crippen molar-refractivity contribution < 1.29 is 18.7 Å². The Morgan fingerprint density at radius 1 is 1.35 bits per heavy atom. The fourth-order valence-corrected chi connectivity index (χ4v) is 3.06. The monoisotopic (exact) mass is 341 g/mol. The smallest absolute Gasteiger partial charge is 0.408 e. The first-order valence-corrected chi connectivity index (χ1v) is 8.92. The van der Waals surface area contributed by atoms with E-state index < -0.39 is 16.8 Å². The number of rotatable bonds is 9. The summed E-state index contributed by atoms with van der Waals surface area (Å²) >= 11 is 1.29. The number of alkyl carbamates (subject to hydrolysis) is 1. The maximum absolute atomic E-state index is 14.3. The van der Waals surface area contributed by atoms with Gasteiger partial charge in [0.25, 0.3) is 0 Å². The Morgan fingerprint density at radius 2 is 2.04 bits per heavy atom. The molecule has 0 fully saturated rings. The molecule has 0 heterocycles. The normalized spacial score (nSPS) is 13.2. The van der Waals surface area contributed by atoms with Crippen molar-refractivity contribution in [2.24, 2.45) is 0 Å². The van der Waals surface area contributed by atoms with E-state index in [0.29, 0.717) is 18.6 Å². The fourth-order valence-electron chi connectivity index (χ4n) is 2.18. The van der Waals surface area contributed by atoms with E-state index in [-0.39, 0.29) is 12.2 Å². The summed E-state index contributed by atoms with van der Waals surface area (Å²) in [6.45, 7) is 3.79. The average Bonchev–Trinajstić information content (AvgIpc) is 2.52. The summed E-state index contributed by atoms with van der Waals surface area (Å²) in [7, 11) is 0. The van der Waals surface area contributed by atoms with Crippen LogP contribution in [0.4, 0.5) is 9.18 Å². The lowest BCUT2D eigenvalue weighted by atomic mass is 9.99. The number of unbranched alkanes of at least 4 members (excludes halogenated alkanes) is 1. The van der Waals surface area contributed by atoms with Crippen molar-refractivity contribution in [3.8, 4) is 0 Å². The molecule has 0 aliphatic rings. The van der Waals surface area contributed by atoms with Gasteiger partial charge in [-0.2, -0.15) is 0 Å². The Balaban J connectivity index is 3.02. The van der Waals surface area contributed by atoms with Crippen molar-refractivity contribution in [1.29, 1.82) is 0 Å². The third-order valence-corrected chi connectivity index (χ3v) is 4.74. The molecule has 0 aliphatic heterocycles. The molecular weight excluding hydrogens is 317 g/mol. The number of thioether (sulfide) groups is 1. The summed E-state index contributed by atoms with van der Waals surface area (Å²) in [5.41, 5.74) is 0.348. The van der Waals surface area contributed by atoms with Crippen LogP contribution < -0.4 is 5.32 Å². The van der Waals surface area contributed by atoms with E-state index in [1.807, 2.05) is 6.92 Å². The van der Waals surface area contributed by atoms with Crippen LogP contribution in [0.1, 0.15) is 45.1 Å². The maximum atomic E-state index is 14.3. The molecule has 128 valence electrons. The van der Waals surface area contributed by atoms with E-state index in [4.69, 9.17) is 4.74 Å². The van der Waals surface area contributed by atoms with Gasteiger partial charge in [-0.15, -0.1) is 11.8 Å². The SMILES string of the molecule is CCCCOC(=O)NC(CCC(C)=O)(SC)c1ccccc1F. The number of carbonyl (C=O) groups excluding carboxylic acids is 2. The predicted octanol–water partition coefficient (Wildman–Crippen LogP) is 4.24. The molecular formula is C17H24FNO3S. The van der Waals surface area contributed by atoms with Gasteiger partial charge in [0, 0.05) is 12.0 Å². The van der Waals surface area contributed by atoms with Gasteiger partial charge in [-0.25, -0.2) is 9.18 Å². The topological polar surface area (TPSA) is 55.4 Å². The molecule has 23 heavy (non-hydrogen) atoms. The lowest BCUT2D eigenvalue weighted by molar-refractivity contribution is -0.117. The van der Waals surface area contributed by atoms with Gasteiger partial charge >= 0.3 is 6.09 Å². The van der Waals surface area contributed by atoms with E-state index >= 15 is 0 Å². The minimum Gasteiger partial charge on any atom is -0.450 e. The second kappa shape index (κ2) is 9.55. The first-order valence-electron chi connectivity index (χ1n) is 7.69. The van der Waals surface area contributed by atoms with Crippen LogP contribution in [0.15, 0.2) is 24.3 Å². The lowest BCUT2D eigenvalue weighted by Gasteiger charge is -2.33. The average molecular weight is 341 g/mol. The van der Waals surface area contributed by atoms with Gasteiger partial charge in [0.2, 0.25) is 0 Å². The number of Topliss-reactive ketones (excluding diaryl/α,β-unsaturated/α-hetero) is 1. The quantitative estimate of drug-likeness (QED) is 0.539. The van der Waals surface area contributed by atoms with Gasteiger partial charge < -0.3 is 14.8 Å². The van der Waals surface area contributed by atoms with Crippen molar-refractivity contribution in [3.05, 3.63) is 35.6 Å². The van der Waals surface area contributed by atoms with E-state index in [9.17, 15) is 14.0 Å². The van der Waals surface area contributed by atoms with Gasteiger partial charge in [0.1, 0.15) is 16.5 Å². The lowest BCUT2D eigenvalue weighted by Crippen LogP contribution is -2.44. The van der Waals surface area contributed by atoms with Crippen LogP contribution in [0, 0.1) is 5.82 Å². The highest BCUT2D eigenvalue weighted by Gasteiger charge is 2.36. The second-order valence-electron chi connectivity index (χ2n) is 5.33. The number of carbonyl (C=O) groups is 2. The molecule has 1 aromatic rings. The van der Waals surface area contributed by atoms with Crippen LogP contribution in [-0.2, 0) is 14.4 Å². The van der Waals surface area contributed by atoms with Gasteiger partial charge in [-0.05, 0) is 32.1 Å². The van der Waals surface area contributed by atoms with Crippen LogP contribution in [0.3, 0.4) is 0 Å². The van der Waals surface area contributed by atoms with Crippen molar-refractivity contribution >= 4 is 23.6 Å². The molecule has 0 spiro atoms. The maximum Gasteiger partial charge on any atom is 0.408 e. The number of hydrogen-bond donors (Lipinski definition) is 1. The zero-order valence-electron chi connectivity index (χ0n) is 13.9. The number of ether oxygens (including phenoxy) is 1. The van der Waals surface area contributed by atoms with Gasteiger partial charge in [0.15, 0.2) is 0 Å². The molecule has 0 radical (unpaired) electrons. The molecule has 1 atom stereocenters. The molecule has 0 aliphatic carbocycles. The van der Waals surface area contributed by atoms with Crippen LogP contribution in [0.25, 0.3) is 0 Å². The number of ketones is 1. The molecule has 1 N–H and O–H groups in total. The molecule has 0 aromatic heterocycles. The Labute approximate surface area is 141 Å².